The van der Waals surface area contributed by atoms with E-state index in [-0.39, 0.29) is 11.6 Å². The molecule has 1 amide bonds. The lowest BCUT2D eigenvalue weighted by Crippen LogP contribution is -2.23. The number of carbonyl (C=O) groups is 1. The van der Waals surface area contributed by atoms with E-state index in [9.17, 15) is 17.6 Å². The molecule has 1 unspecified atom stereocenters. The van der Waals surface area contributed by atoms with Crippen molar-refractivity contribution in [3.05, 3.63) is 60.1 Å². The molecular weight excluding hydrogens is 471 g/mol. The molecule has 0 saturated heterocycles. The number of anilines is 2. The number of aromatic nitrogens is 4. The molecule has 9 nitrogen and oxygen atoms in total. The Bertz CT molecular complexity index is 1380. The van der Waals surface area contributed by atoms with Crippen LogP contribution >= 0.6 is 0 Å². The Kier molecular flexibility index (Phi) is 6.18. The Morgan fingerprint density at radius 3 is 2.63 bits per heavy atom. The van der Waals surface area contributed by atoms with Crippen LogP contribution in [0.1, 0.15) is 62.3 Å². The summed E-state index contributed by atoms with van der Waals surface area (Å²) < 4.78 is 41.7. The summed E-state index contributed by atoms with van der Waals surface area (Å²) in [6, 6.07) is 6.06. The highest BCUT2D eigenvalue weighted by molar-refractivity contribution is 7.93. The highest BCUT2D eigenvalue weighted by atomic mass is 32.2. The Morgan fingerprint density at radius 1 is 1.14 bits per heavy atom. The van der Waals surface area contributed by atoms with E-state index in [2.05, 4.69) is 30.0 Å². The van der Waals surface area contributed by atoms with E-state index in [0.29, 0.717) is 42.1 Å². The van der Waals surface area contributed by atoms with E-state index in [1.54, 1.807) is 31.5 Å². The third-order valence-electron chi connectivity index (χ3n) is 6.13. The second-order valence-electron chi connectivity index (χ2n) is 8.90. The first-order chi connectivity index (χ1) is 16.8. The number of halogens is 1. The number of hydrogen-bond acceptors (Lipinski definition) is 7. The van der Waals surface area contributed by atoms with Gasteiger partial charge in [0.15, 0.2) is 0 Å². The SMILES string of the molecule is CCC(C(=O)Nc1ccc(-c2cncc(C3CC3)n2)cc1F)c1ccnc(NS(=O)(=O)C2CC2)n1. The fraction of sp³-hybridized carbons (Fsp3) is 0.375. The van der Waals surface area contributed by atoms with Gasteiger partial charge in [0, 0.05) is 23.9 Å². The summed E-state index contributed by atoms with van der Waals surface area (Å²) in [6.07, 6.45) is 8.51. The summed E-state index contributed by atoms with van der Waals surface area (Å²) >= 11 is 0. The van der Waals surface area contributed by atoms with Gasteiger partial charge in [0.2, 0.25) is 21.9 Å². The molecule has 182 valence electrons. The molecular formula is C24H25FN6O3S. The maximum absolute atomic E-state index is 14.9. The number of benzene rings is 1. The average molecular weight is 497 g/mol. The Balaban J connectivity index is 1.31. The summed E-state index contributed by atoms with van der Waals surface area (Å²) in [4.78, 5) is 30.0. The number of amides is 1. The van der Waals surface area contributed by atoms with Crippen molar-refractivity contribution in [2.24, 2.45) is 0 Å². The minimum Gasteiger partial charge on any atom is -0.323 e. The van der Waals surface area contributed by atoms with Gasteiger partial charge in [-0.15, -0.1) is 0 Å². The lowest BCUT2D eigenvalue weighted by molar-refractivity contribution is -0.117. The van der Waals surface area contributed by atoms with E-state index in [0.717, 1.165) is 18.5 Å². The van der Waals surface area contributed by atoms with Crippen molar-refractivity contribution in [2.45, 2.75) is 56.1 Å². The molecule has 0 aliphatic heterocycles. The third kappa shape index (κ3) is 5.29. The summed E-state index contributed by atoms with van der Waals surface area (Å²) in [5.41, 5.74) is 2.45. The van der Waals surface area contributed by atoms with E-state index in [1.165, 1.54) is 18.3 Å². The largest absolute Gasteiger partial charge is 0.323 e. The molecule has 0 radical (unpaired) electrons. The van der Waals surface area contributed by atoms with Crippen molar-refractivity contribution in [1.82, 2.24) is 19.9 Å². The minimum absolute atomic E-state index is 0.0345. The summed E-state index contributed by atoms with van der Waals surface area (Å²) in [5, 5.41) is 2.20. The first kappa shape index (κ1) is 23.3. The van der Waals surface area contributed by atoms with Crippen molar-refractivity contribution >= 4 is 27.6 Å². The topological polar surface area (TPSA) is 127 Å². The maximum atomic E-state index is 14.9. The molecule has 1 atom stereocenters. The van der Waals surface area contributed by atoms with Gasteiger partial charge in [-0.25, -0.2) is 27.8 Å². The van der Waals surface area contributed by atoms with Gasteiger partial charge in [0.1, 0.15) is 5.82 Å². The second kappa shape index (κ2) is 9.29. The molecule has 2 heterocycles. The van der Waals surface area contributed by atoms with Crippen LogP contribution in [0.4, 0.5) is 16.0 Å². The zero-order chi connectivity index (χ0) is 24.6. The van der Waals surface area contributed by atoms with E-state index < -0.39 is 32.9 Å². The number of nitrogens with one attached hydrogen (secondary N) is 2. The summed E-state index contributed by atoms with van der Waals surface area (Å²) in [6.45, 7) is 1.80. The van der Waals surface area contributed by atoms with Gasteiger partial charge in [-0.05, 0) is 50.3 Å². The van der Waals surface area contributed by atoms with E-state index in [1.807, 2.05) is 0 Å². The third-order valence-corrected chi connectivity index (χ3v) is 7.94. The molecule has 0 bridgehead atoms. The predicted molar refractivity (Wildman–Crippen MR) is 129 cm³/mol. The van der Waals surface area contributed by atoms with Crippen LogP contribution in [0.2, 0.25) is 0 Å². The molecule has 2 aromatic heterocycles. The molecule has 1 aromatic carbocycles. The summed E-state index contributed by atoms with van der Waals surface area (Å²) in [5.74, 6) is -1.41. The van der Waals surface area contributed by atoms with Crippen LogP contribution in [-0.4, -0.2) is 39.5 Å². The normalized spacial score (nSPS) is 16.5. The monoisotopic (exact) mass is 496 g/mol. The lowest BCUT2D eigenvalue weighted by Gasteiger charge is -2.16. The quantitative estimate of drug-likeness (QED) is 0.459. The zero-order valence-electron chi connectivity index (χ0n) is 19.1. The first-order valence-corrected chi connectivity index (χ1v) is 13.2. The number of rotatable bonds is 9. The lowest BCUT2D eigenvalue weighted by atomic mass is 10.0. The molecule has 2 saturated carbocycles. The second-order valence-corrected chi connectivity index (χ2v) is 10.9. The van der Waals surface area contributed by atoms with Crippen LogP contribution in [0, 0.1) is 5.82 Å². The van der Waals surface area contributed by atoms with Gasteiger partial charge in [-0.2, -0.15) is 0 Å². The van der Waals surface area contributed by atoms with Crippen LogP contribution in [0.15, 0.2) is 42.9 Å². The van der Waals surface area contributed by atoms with Crippen molar-refractivity contribution in [3.63, 3.8) is 0 Å². The van der Waals surface area contributed by atoms with E-state index >= 15 is 0 Å². The van der Waals surface area contributed by atoms with Crippen LogP contribution in [0.25, 0.3) is 11.3 Å². The standard InChI is InChI=1S/C24H25FN6O3S/c1-2-17(19-9-10-27-24(30-19)31-35(33,34)16-6-7-16)23(32)29-20-8-5-15(11-18(20)25)22-13-26-12-21(28-22)14-3-4-14/h5,8-14,16-17H,2-4,6-7H2,1H3,(H,29,32)(H,27,30,31). The predicted octanol–water partition coefficient (Wildman–Crippen LogP) is 3.99. The molecule has 3 aromatic rings. The smallest absolute Gasteiger partial charge is 0.237 e. The number of hydrogen-bond donors (Lipinski definition) is 2. The highest BCUT2D eigenvalue weighted by Crippen LogP contribution is 2.39. The zero-order valence-corrected chi connectivity index (χ0v) is 19.9. The van der Waals surface area contributed by atoms with Gasteiger partial charge in [-0.1, -0.05) is 13.0 Å². The van der Waals surface area contributed by atoms with Crippen LogP contribution in [0.5, 0.6) is 0 Å². The highest BCUT2D eigenvalue weighted by Gasteiger charge is 2.36. The molecule has 2 fully saturated rings. The van der Waals surface area contributed by atoms with Gasteiger partial charge in [0.25, 0.3) is 0 Å². The molecule has 2 N–H and O–H groups in total. The molecule has 0 spiro atoms. The number of carbonyl (C=O) groups excluding carboxylic acids is 1. The van der Waals surface area contributed by atoms with Crippen molar-refractivity contribution in [3.8, 4) is 11.3 Å². The van der Waals surface area contributed by atoms with Crippen molar-refractivity contribution in [1.29, 1.82) is 0 Å². The average Bonchev–Trinajstić information content (AvgIpc) is 3.73. The molecule has 2 aliphatic rings. The fourth-order valence-electron chi connectivity index (χ4n) is 3.83. The fourth-order valence-corrected chi connectivity index (χ4v) is 5.10. The molecule has 35 heavy (non-hydrogen) atoms. The van der Waals surface area contributed by atoms with Gasteiger partial charge in [-0.3, -0.25) is 14.5 Å². The van der Waals surface area contributed by atoms with Crippen LogP contribution in [-0.2, 0) is 14.8 Å². The molecule has 2 aliphatic carbocycles. The van der Waals surface area contributed by atoms with Gasteiger partial charge >= 0.3 is 0 Å². The van der Waals surface area contributed by atoms with Gasteiger partial charge in [0.05, 0.1) is 40.1 Å². The van der Waals surface area contributed by atoms with Gasteiger partial charge < -0.3 is 5.32 Å². The Labute approximate surface area is 202 Å². The van der Waals surface area contributed by atoms with Crippen LogP contribution < -0.4 is 10.0 Å². The van der Waals surface area contributed by atoms with Crippen LogP contribution in [0.3, 0.4) is 0 Å². The molecule has 5 rings (SSSR count). The maximum Gasteiger partial charge on any atom is 0.237 e. The van der Waals surface area contributed by atoms with Crippen molar-refractivity contribution in [2.75, 3.05) is 10.0 Å². The molecule has 11 heteroatoms. The van der Waals surface area contributed by atoms with E-state index in [4.69, 9.17) is 0 Å². The Morgan fingerprint density at radius 2 is 1.94 bits per heavy atom. The number of sulfonamides is 1. The Hall–Kier alpha value is -3.47. The summed E-state index contributed by atoms with van der Waals surface area (Å²) in [7, 11) is -3.53. The van der Waals surface area contributed by atoms with Crippen molar-refractivity contribution < 1.29 is 17.6 Å². The first-order valence-electron chi connectivity index (χ1n) is 11.6. The number of nitrogens with zero attached hydrogens (tertiary/aromatic N) is 4. The minimum atomic E-state index is -3.53.